The molecule has 2 amide bonds. The molecule has 0 saturated carbocycles. The van der Waals surface area contributed by atoms with Crippen LogP contribution in [-0.2, 0) is 0 Å². The molecule has 110 valence electrons. The summed E-state index contributed by atoms with van der Waals surface area (Å²) in [4.78, 5) is 24.5. The zero-order valence-electron chi connectivity index (χ0n) is 11.9. The van der Waals surface area contributed by atoms with E-state index in [0.29, 0.717) is 5.69 Å². The number of benzene rings is 1. The van der Waals surface area contributed by atoms with Crippen molar-refractivity contribution in [1.82, 2.24) is 4.90 Å². The Bertz CT molecular complexity index is 462. The molecule has 0 bridgehead atoms. The van der Waals surface area contributed by atoms with Gasteiger partial charge in [0.05, 0.1) is 5.56 Å². The second-order valence-electron chi connectivity index (χ2n) is 4.44. The molecule has 20 heavy (non-hydrogen) atoms. The maximum absolute atomic E-state index is 12.1. The predicted molar refractivity (Wildman–Crippen MR) is 82.6 cm³/mol. The van der Waals surface area contributed by atoms with Crippen molar-refractivity contribution in [3.8, 4) is 0 Å². The highest BCUT2D eigenvalue weighted by atomic mass is 32.2. The van der Waals surface area contributed by atoms with Gasteiger partial charge >= 0.3 is 12.0 Å². The highest BCUT2D eigenvalue weighted by Crippen LogP contribution is 2.13. The Hall–Kier alpha value is -1.69. The first-order chi connectivity index (χ1) is 9.49. The highest BCUT2D eigenvalue weighted by Gasteiger charge is 2.17. The molecule has 0 aliphatic rings. The molecule has 6 heteroatoms. The van der Waals surface area contributed by atoms with Crippen molar-refractivity contribution in [2.45, 2.75) is 19.4 Å². The molecule has 0 fully saturated rings. The number of amides is 2. The van der Waals surface area contributed by atoms with Crippen LogP contribution in [0.2, 0.25) is 0 Å². The van der Waals surface area contributed by atoms with E-state index in [4.69, 9.17) is 5.11 Å². The van der Waals surface area contributed by atoms with Crippen LogP contribution in [0.15, 0.2) is 24.3 Å². The normalized spacial score (nSPS) is 11.8. The fourth-order valence-corrected chi connectivity index (χ4v) is 2.61. The van der Waals surface area contributed by atoms with Gasteiger partial charge < -0.3 is 15.3 Å². The van der Waals surface area contributed by atoms with Gasteiger partial charge in [0, 0.05) is 24.5 Å². The summed E-state index contributed by atoms with van der Waals surface area (Å²) in [5.74, 6) is -0.0933. The summed E-state index contributed by atoms with van der Waals surface area (Å²) in [7, 11) is 1.77. The van der Waals surface area contributed by atoms with Gasteiger partial charge in [0.15, 0.2) is 0 Å². The number of hydrogen-bond acceptors (Lipinski definition) is 3. The monoisotopic (exact) mass is 296 g/mol. The number of hydrogen-bond donors (Lipinski definition) is 2. The number of nitrogens with zero attached hydrogens (tertiary/aromatic N) is 1. The lowest BCUT2D eigenvalue weighted by Crippen LogP contribution is -2.41. The summed E-state index contributed by atoms with van der Waals surface area (Å²) in [6.07, 6.45) is 2.90. The zero-order chi connectivity index (χ0) is 15.1. The van der Waals surface area contributed by atoms with Crippen LogP contribution in [0.4, 0.5) is 10.5 Å². The lowest BCUT2D eigenvalue weighted by atomic mass is 10.2. The van der Waals surface area contributed by atoms with Crippen LogP contribution in [-0.4, -0.2) is 47.1 Å². The fraction of sp³-hybridized carbons (Fsp3) is 0.429. The van der Waals surface area contributed by atoms with Gasteiger partial charge in [-0.1, -0.05) is 6.92 Å². The van der Waals surface area contributed by atoms with E-state index >= 15 is 0 Å². The van der Waals surface area contributed by atoms with E-state index in [9.17, 15) is 9.59 Å². The quantitative estimate of drug-likeness (QED) is 0.846. The minimum atomic E-state index is -0.981. The standard InChI is InChI=1S/C14H20N2O3S/c1-4-12(9-20-3)16(2)14(19)15-11-7-5-10(6-8-11)13(17)18/h5-8,12H,4,9H2,1-3H3,(H,15,19)(H,17,18). The smallest absolute Gasteiger partial charge is 0.335 e. The van der Waals surface area contributed by atoms with Gasteiger partial charge in [0.1, 0.15) is 0 Å². The summed E-state index contributed by atoms with van der Waals surface area (Å²) in [6.45, 7) is 2.05. The summed E-state index contributed by atoms with van der Waals surface area (Å²) in [6, 6.07) is 6.11. The summed E-state index contributed by atoms with van der Waals surface area (Å²) in [5, 5.41) is 11.6. The molecule has 0 aliphatic carbocycles. The van der Waals surface area contributed by atoms with Crippen LogP contribution in [0, 0.1) is 0 Å². The Balaban J connectivity index is 2.67. The molecule has 0 aromatic heterocycles. The fourth-order valence-electron chi connectivity index (χ4n) is 1.77. The van der Waals surface area contributed by atoms with E-state index in [1.54, 1.807) is 35.8 Å². The number of urea groups is 1. The average Bonchev–Trinajstić information content (AvgIpc) is 2.44. The second kappa shape index (κ2) is 7.79. The Morgan fingerprint density at radius 2 is 1.95 bits per heavy atom. The van der Waals surface area contributed by atoms with Crippen molar-refractivity contribution in [2.24, 2.45) is 0 Å². The van der Waals surface area contributed by atoms with Crippen LogP contribution >= 0.6 is 11.8 Å². The van der Waals surface area contributed by atoms with Crippen molar-refractivity contribution in [2.75, 3.05) is 24.4 Å². The lowest BCUT2D eigenvalue weighted by molar-refractivity contribution is 0.0697. The molecule has 0 heterocycles. The number of aromatic carboxylic acids is 1. The van der Waals surface area contributed by atoms with Crippen LogP contribution in [0.5, 0.6) is 0 Å². The number of thioether (sulfide) groups is 1. The maximum atomic E-state index is 12.1. The maximum Gasteiger partial charge on any atom is 0.335 e. The van der Waals surface area contributed by atoms with Crippen molar-refractivity contribution >= 4 is 29.4 Å². The Kier molecular flexibility index (Phi) is 6.38. The summed E-state index contributed by atoms with van der Waals surface area (Å²) < 4.78 is 0. The second-order valence-corrected chi connectivity index (χ2v) is 5.35. The molecule has 0 aliphatic heterocycles. The van der Waals surface area contributed by atoms with Crippen molar-refractivity contribution in [1.29, 1.82) is 0 Å². The molecular formula is C14H20N2O3S. The lowest BCUT2D eigenvalue weighted by Gasteiger charge is -2.26. The van der Waals surface area contributed by atoms with Gasteiger partial charge in [-0.05, 0) is 36.9 Å². The summed E-state index contributed by atoms with van der Waals surface area (Å²) >= 11 is 1.70. The van der Waals surface area contributed by atoms with Crippen LogP contribution in [0.25, 0.3) is 0 Å². The van der Waals surface area contributed by atoms with Gasteiger partial charge in [-0.2, -0.15) is 11.8 Å². The minimum absolute atomic E-state index is 0.184. The van der Waals surface area contributed by atoms with Crippen LogP contribution in [0.1, 0.15) is 23.7 Å². The number of carboxylic acids is 1. The molecule has 1 rings (SSSR count). The Morgan fingerprint density at radius 1 is 1.35 bits per heavy atom. The Labute approximate surface area is 123 Å². The molecule has 1 aromatic rings. The molecule has 2 N–H and O–H groups in total. The molecule has 5 nitrogen and oxygen atoms in total. The van der Waals surface area contributed by atoms with Gasteiger partial charge in [-0.25, -0.2) is 9.59 Å². The molecule has 0 saturated heterocycles. The van der Waals surface area contributed by atoms with Crippen molar-refractivity contribution in [3.63, 3.8) is 0 Å². The van der Waals surface area contributed by atoms with E-state index in [0.717, 1.165) is 12.2 Å². The van der Waals surface area contributed by atoms with Gasteiger partial charge in [0.2, 0.25) is 0 Å². The zero-order valence-corrected chi connectivity index (χ0v) is 12.7. The SMILES string of the molecule is CCC(CSC)N(C)C(=O)Nc1ccc(C(=O)O)cc1. The number of rotatable bonds is 6. The number of nitrogens with one attached hydrogen (secondary N) is 1. The van der Waals surface area contributed by atoms with E-state index in [1.807, 2.05) is 13.2 Å². The molecule has 0 radical (unpaired) electrons. The number of anilines is 1. The van der Waals surface area contributed by atoms with Gasteiger partial charge in [-0.3, -0.25) is 0 Å². The topological polar surface area (TPSA) is 69.6 Å². The molecule has 0 spiro atoms. The van der Waals surface area contributed by atoms with E-state index in [2.05, 4.69) is 5.32 Å². The first kappa shape index (κ1) is 16.4. The highest BCUT2D eigenvalue weighted by molar-refractivity contribution is 7.98. The van der Waals surface area contributed by atoms with Crippen LogP contribution in [0.3, 0.4) is 0 Å². The number of carboxylic acid groups (broad SMARTS) is 1. The van der Waals surface area contributed by atoms with E-state index in [1.165, 1.54) is 12.1 Å². The third-order valence-corrected chi connectivity index (χ3v) is 3.80. The number of carbonyl (C=O) groups is 2. The third kappa shape index (κ3) is 4.45. The Morgan fingerprint density at radius 3 is 2.40 bits per heavy atom. The minimum Gasteiger partial charge on any atom is -0.478 e. The molecular weight excluding hydrogens is 276 g/mol. The van der Waals surface area contributed by atoms with Gasteiger partial charge in [0.25, 0.3) is 0 Å². The molecule has 1 unspecified atom stereocenters. The first-order valence-corrected chi connectivity index (χ1v) is 7.75. The van der Waals surface area contributed by atoms with E-state index in [-0.39, 0.29) is 17.6 Å². The molecule has 1 aromatic carbocycles. The third-order valence-electron chi connectivity index (χ3n) is 3.08. The molecule has 1 atom stereocenters. The average molecular weight is 296 g/mol. The largest absolute Gasteiger partial charge is 0.478 e. The van der Waals surface area contributed by atoms with Gasteiger partial charge in [-0.15, -0.1) is 0 Å². The number of carbonyl (C=O) groups excluding carboxylic acids is 1. The summed E-state index contributed by atoms with van der Waals surface area (Å²) in [5.41, 5.74) is 0.788. The van der Waals surface area contributed by atoms with Crippen LogP contribution < -0.4 is 5.32 Å². The predicted octanol–water partition coefficient (Wildman–Crippen LogP) is 2.99. The van der Waals surface area contributed by atoms with Crippen molar-refractivity contribution < 1.29 is 14.7 Å². The van der Waals surface area contributed by atoms with Crippen molar-refractivity contribution in [3.05, 3.63) is 29.8 Å². The van der Waals surface area contributed by atoms with E-state index < -0.39 is 5.97 Å². The first-order valence-electron chi connectivity index (χ1n) is 6.35.